The van der Waals surface area contributed by atoms with Gasteiger partial charge in [0.05, 0.1) is 6.42 Å². The number of aromatic nitrogens is 1. The number of carbonyl (C=O) groups excluding carboxylic acids is 1. The largest absolute Gasteiger partial charge is 0.481 e. The SMILES string of the molecule is Cc1cc(C(=O)N(CCC(=O)O)C2CC2)no1. The summed E-state index contributed by atoms with van der Waals surface area (Å²) < 4.78 is 4.85. The molecule has 92 valence electrons. The Morgan fingerprint density at radius 3 is 2.76 bits per heavy atom. The van der Waals surface area contributed by atoms with Crippen LogP contribution >= 0.6 is 0 Å². The standard InChI is InChI=1S/C11H14N2O4/c1-7-6-9(12-17-7)11(16)13(8-2-3-8)5-4-10(14)15/h6,8H,2-5H2,1H3,(H,14,15). The fourth-order valence-electron chi connectivity index (χ4n) is 1.67. The van der Waals surface area contributed by atoms with Crippen LogP contribution in [0.5, 0.6) is 0 Å². The maximum absolute atomic E-state index is 12.1. The smallest absolute Gasteiger partial charge is 0.305 e. The lowest BCUT2D eigenvalue weighted by molar-refractivity contribution is -0.137. The van der Waals surface area contributed by atoms with Gasteiger partial charge in [-0.25, -0.2) is 0 Å². The van der Waals surface area contributed by atoms with E-state index in [0.29, 0.717) is 5.76 Å². The summed E-state index contributed by atoms with van der Waals surface area (Å²) in [6.07, 6.45) is 1.82. The summed E-state index contributed by atoms with van der Waals surface area (Å²) in [5.41, 5.74) is 0.250. The number of carbonyl (C=O) groups is 2. The number of hydrogen-bond donors (Lipinski definition) is 1. The summed E-state index contributed by atoms with van der Waals surface area (Å²) in [6, 6.07) is 1.73. The number of aryl methyl sites for hydroxylation is 1. The second kappa shape index (κ2) is 4.57. The first-order chi connectivity index (χ1) is 8.08. The third kappa shape index (κ3) is 2.83. The van der Waals surface area contributed by atoms with E-state index in [-0.39, 0.29) is 30.6 Å². The van der Waals surface area contributed by atoms with E-state index in [9.17, 15) is 9.59 Å². The molecule has 0 radical (unpaired) electrons. The topological polar surface area (TPSA) is 83.6 Å². The summed E-state index contributed by atoms with van der Waals surface area (Å²) in [5, 5.41) is 12.3. The van der Waals surface area contributed by atoms with Gasteiger partial charge >= 0.3 is 5.97 Å². The van der Waals surface area contributed by atoms with E-state index >= 15 is 0 Å². The Bertz CT molecular complexity index is 436. The fraction of sp³-hybridized carbons (Fsp3) is 0.545. The van der Waals surface area contributed by atoms with Gasteiger partial charge in [-0.3, -0.25) is 9.59 Å². The highest BCUT2D eigenvalue weighted by Crippen LogP contribution is 2.28. The van der Waals surface area contributed by atoms with Crippen molar-refractivity contribution in [2.45, 2.75) is 32.2 Å². The first-order valence-corrected chi connectivity index (χ1v) is 5.54. The maximum atomic E-state index is 12.1. The van der Waals surface area contributed by atoms with E-state index in [4.69, 9.17) is 9.63 Å². The molecule has 6 heteroatoms. The van der Waals surface area contributed by atoms with Crippen LogP contribution in [0.15, 0.2) is 10.6 Å². The molecular formula is C11H14N2O4. The molecule has 1 N–H and O–H groups in total. The Morgan fingerprint density at radius 1 is 1.59 bits per heavy atom. The first kappa shape index (κ1) is 11.6. The zero-order valence-electron chi connectivity index (χ0n) is 9.55. The first-order valence-electron chi connectivity index (χ1n) is 5.54. The predicted molar refractivity (Wildman–Crippen MR) is 57.6 cm³/mol. The summed E-state index contributed by atoms with van der Waals surface area (Å²) in [6.45, 7) is 1.94. The normalized spacial score (nSPS) is 14.6. The minimum Gasteiger partial charge on any atom is -0.481 e. The molecule has 1 fully saturated rings. The van der Waals surface area contributed by atoms with Crippen molar-refractivity contribution in [3.8, 4) is 0 Å². The van der Waals surface area contributed by atoms with Crippen molar-refractivity contribution >= 4 is 11.9 Å². The molecule has 1 aliphatic rings. The third-order valence-corrected chi connectivity index (χ3v) is 2.66. The number of aliphatic carboxylic acids is 1. The summed E-state index contributed by atoms with van der Waals surface area (Å²) in [4.78, 5) is 24.2. The van der Waals surface area contributed by atoms with Gasteiger partial charge in [0.2, 0.25) is 0 Å². The Balaban J connectivity index is 2.05. The van der Waals surface area contributed by atoms with Crippen molar-refractivity contribution in [1.29, 1.82) is 0 Å². The highest BCUT2D eigenvalue weighted by molar-refractivity contribution is 5.92. The Labute approximate surface area is 98.2 Å². The molecule has 6 nitrogen and oxygen atoms in total. The average Bonchev–Trinajstić information content (AvgIpc) is 3.00. The van der Waals surface area contributed by atoms with Gasteiger partial charge in [0.25, 0.3) is 5.91 Å². The van der Waals surface area contributed by atoms with Crippen LogP contribution in [0.25, 0.3) is 0 Å². The van der Waals surface area contributed by atoms with Crippen LogP contribution in [0.3, 0.4) is 0 Å². The van der Waals surface area contributed by atoms with Crippen molar-refractivity contribution in [1.82, 2.24) is 10.1 Å². The van der Waals surface area contributed by atoms with E-state index in [2.05, 4.69) is 5.16 Å². The van der Waals surface area contributed by atoms with E-state index in [1.807, 2.05) is 0 Å². The van der Waals surface area contributed by atoms with Crippen molar-refractivity contribution in [2.24, 2.45) is 0 Å². The van der Waals surface area contributed by atoms with Crippen LogP contribution in [0.1, 0.15) is 35.5 Å². The van der Waals surface area contributed by atoms with E-state index in [0.717, 1.165) is 12.8 Å². The second-order valence-electron chi connectivity index (χ2n) is 4.20. The second-order valence-corrected chi connectivity index (χ2v) is 4.20. The quantitative estimate of drug-likeness (QED) is 0.829. The van der Waals surface area contributed by atoms with Gasteiger partial charge in [-0.2, -0.15) is 0 Å². The predicted octanol–water partition coefficient (Wildman–Crippen LogP) is 1.06. The van der Waals surface area contributed by atoms with E-state index in [1.165, 1.54) is 0 Å². The molecule has 0 saturated heterocycles. The van der Waals surface area contributed by atoms with Crippen LogP contribution in [-0.4, -0.2) is 39.6 Å². The Hall–Kier alpha value is -1.85. The lowest BCUT2D eigenvalue weighted by Crippen LogP contribution is -2.35. The number of hydrogen-bond acceptors (Lipinski definition) is 4. The van der Waals surface area contributed by atoms with Crippen molar-refractivity contribution in [3.63, 3.8) is 0 Å². The van der Waals surface area contributed by atoms with Gasteiger partial charge in [-0.15, -0.1) is 0 Å². The Morgan fingerprint density at radius 2 is 2.29 bits per heavy atom. The number of carboxylic acids is 1. The van der Waals surface area contributed by atoms with Crippen molar-refractivity contribution < 1.29 is 19.2 Å². The van der Waals surface area contributed by atoms with Gasteiger partial charge in [-0.05, 0) is 19.8 Å². The summed E-state index contributed by atoms with van der Waals surface area (Å²) >= 11 is 0. The van der Waals surface area contributed by atoms with Gasteiger partial charge < -0.3 is 14.5 Å². The van der Waals surface area contributed by atoms with Crippen LogP contribution in [0.2, 0.25) is 0 Å². The highest BCUT2D eigenvalue weighted by atomic mass is 16.5. The molecule has 1 aromatic heterocycles. The molecule has 1 saturated carbocycles. The molecule has 0 spiro atoms. The minimum atomic E-state index is -0.903. The monoisotopic (exact) mass is 238 g/mol. The molecule has 0 aliphatic heterocycles. The number of amides is 1. The van der Waals surface area contributed by atoms with E-state index in [1.54, 1.807) is 17.9 Å². The molecule has 0 atom stereocenters. The molecule has 1 heterocycles. The van der Waals surface area contributed by atoms with Crippen LogP contribution in [0, 0.1) is 6.92 Å². The van der Waals surface area contributed by atoms with Gasteiger partial charge in [0.1, 0.15) is 5.76 Å². The van der Waals surface area contributed by atoms with Crippen LogP contribution in [-0.2, 0) is 4.79 Å². The van der Waals surface area contributed by atoms with E-state index < -0.39 is 5.97 Å². The zero-order chi connectivity index (χ0) is 12.4. The average molecular weight is 238 g/mol. The summed E-state index contributed by atoms with van der Waals surface area (Å²) in [5.74, 6) is -0.576. The molecule has 0 aromatic carbocycles. The molecule has 2 rings (SSSR count). The molecule has 1 aromatic rings. The zero-order valence-corrected chi connectivity index (χ0v) is 9.55. The molecule has 17 heavy (non-hydrogen) atoms. The third-order valence-electron chi connectivity index (χ3n) is 2.66. The Kier molecular flexibility index (Phi) is 3.12. The molecular weight excluding hydrogens is 224 g/mol. The fourth-order valence-corrected chi connectivity index (χ4v) is 1.67. The highest BCUT2D eigenvalue weighted by Gasteiger charge is 2.34. The number of rotatable bonds is 5. The summed E-state index contributed by atoms with van der Waals surface area (Å²) in [7, 11) is 0. The molecule has 0 unspecified atom stereocenters. The number of nitrogens with zero attached hydrogens (tertiary/aromatic N) is 2. The van der Waals surface area contributed by atoms with Gasteiger partial charge in [0, 0.05) is 18.7 Å². The maximum Gasteiger partial charge on any atom is 0.305 e. The molecule has 1 aliphatic carbocycles. The lowest BCUT2D eigenvalue weighted by atomic mass is 10.3. The minimum absolute atomic E-state index is 0.0426. The van der Waals surface area contributed by atoms with Gasteiger partial charge in [0.15, 0.2) is 5.69 Å². The van der Waals surface area contributed by atoms with Crippen molar-refractivity contribution in [2.75, 3.05) is 6.54 Å². The van der Waals surface area contributed by atoms with Crippen LogP contribution < -0.4 is 0 Å². The van der Waals surface area contributed by atoms with Gasteiger partial charge in [-0.1, -0.05) is 5.16 Å². The molecule has 1 amide bonds. The lowest BCUT2D eigenvalue weighted by Gasteiger charge is -2.19. The number of carboxylic acid groups (broad SMARTS) is 1. The van der Waals surface area contributed by atoms with Crippen molar-refractivity contribution in [3.05, 3.63) is 17.5 Å². The van der Waals surface area contributed by atoms with Crippen LogP contribution in [0.4, 0.5) is 0 Å². The molecule has 0 bridgehead atoms.